The molecule has 5 heteroatoms. The van der Waals surface area contributed by atoms with Gasteiger partial charge in [0.15, 0.2) is 5.56 Å². The van der Waals surface area contributed by atoms with Crippen LogP contribution in [-0.2, 0) is 4.74 Å². The first-order chi connectivity index (χ1) is 6.15. The zero-order chi connectivity index (χ0) is 9.84. The maximum Gasteiger partial charge on any atom is 0.269 e. The Morgan fingerprint density at radius 1 is 1.46 bits per heavy atom. The molecule has 0 aromatic heterocycles. The van der Waals surface area contributed by atoms with Crippen LogP contribution < -0.4 is 0 Å². The average Bonchev–Trinajstić information content (AvgIpc) is 2.17. The van der Waals surface area contributed by atoms with E-state index in [9.17, 15) is 10.1 Å². The minimum atomic E-state index is -0.555. The number of rotatable bonds is 3. The van der Waals surface area contributed by atoms with E-state index >= 15 is 0 Å². The van der Waals surface area contributed by atoms with Crippen molar-refractivity contribution in [3.8, 4) is 0 Å². The van der Waals surface area contributed by atoms with E-state index in [2.05, 4.69) is 0 Å². The summed E-state index contributed by atoms with van der Waals surface area (Å²) < 4.78 is 4.83. The van der Waals surface area contributed by atoms with Crippen LogP contribution in [0.25, 0.3) is 0 Å². The molecule has 0 spiro atoms. The van der Waals surface area contributed by atoms with Gasteiger partial charge in [-0.15, -0.1) is 0 Å². The van der Waals surface area contributed by atoms with Gasteiger partial charge < -0.3 is 4.74 Å². The second kappa shape index (κ2) is 4.20. The molecule has 0 aliphatic carbocycles. The second-order valence-corrected chi connectivity index (χ2v) is 2.80. The SMILES string of the molecule is COC(Cl)c1ccc([N+](=O)[O-])cc1. The Hall–Kier alpha value is -1.13. The zero-order valence-electron chi connectivity index (χ0n) is 6.94. The van der Waals surface area contributed by atoms with Crippen LogP contribution in [0.4, 0.5) is 5.69 Å². The number of non-ortho nitro benzene ring substituents is 1. The minimum absolute atomic E-state index is 0.0451. The fraction of sp³-hybridized carbons (Fsp3) is 0.250. The molecule has 0 saturated carbocycles. The van der Waals surface area contributed by atoms with Crippen LogP contribution in [0.15, 0.2) is 24.3 Å². The van der Waals surface area contributed by atoms with Crippen LogP contribution in [-0.4, -0.2) is 12.0 Å². The summed E-state index contributed by atoms with van der Waals surface area (Å²) in [6.45, 7) is 0. The number of nitro groups is 1. The molecule has 1 rings (SSSR count). The number of methoxy groups -OCH3 is 1. The van der Waals surface area contributed by atoms with E-state index in [4.69, 9.17) is 16.3 Å². The summed E-state index contributed by atoms with van der Waals surface area (Å²) in [6, 6.07) is 5.92. The van der Waals surface area contributed by atoms with Crippen LogP contribution in [0.5, 0.6) is 0 Å². The largest absolute Gasteiger partial charge is 0.361 e. The Balaban J connectivity index is 2.87. The Morgan fingerprint density at radius 2 is 2.00 bits per heavy atom. The quantitative estimate of drug-likeness (QED) is 0.429. The molecule has 0 fully saturated rings. The number of benzene rings is 1. The van der Waals surface area contributed by atoms with Gasteiger partial charge in [0.25, 0.3) is 5.69 Å². The summed E-state index contributed by atoms with van der Waals surface area (Å²) in [5.74, 6) is 0. The highest BCUT2D eigenvalue weighted by molar-refractivity contribution is 6.19. The van der Waals surface area contributed by atoms with Crippen molar-refractivity contribution in [2.45, 2.75) is 5.56 Å². The molecule has 0 aliphatic rings. The maximum atomic E-state index is 10.3. The molecule has 70 valence electrons. The highest BCUT2D eigenvalue weighted by atomic mass is 35.5. The third-order valence-corrected chi connectivity index (χ3v) is 2.00. The van der Waals surface area contributed by atoms with Crippen molar-refractivity contribution in [2.75, 3.05) is 7.11 Å². The van der Waals surface area contributed by atoms with Crippen molar-refractivity contribution >= 4 is 17.3 Å². The van der Waals surface area contributed by atoms with Gasteiger partial charge in [-0.1, -0.05) is 11.6 Å². The lowest BCUT2D eigenvalue weighted by molar-refractivity contribution is -0.384. The first-order valence-corrected chi connectivity index (χ1v) is 4.00. The summed E-state index contributed by atoms with van der Waals surface area (Å²) >= 11 is 5.73. The van der Waals surface area contributed by atoms with Crippen LogP contribution in [0.2, 0.25) is 0 Å². The standard InChI is InChI=1S/C8H8ClNO3/c1-13-8(9)6-2-4-7(5-3-6)10(11)12/h2-5,8H,1H3. The summed E-state index contributed by atoms with van der Waals surface area (Å²) in [5.41, 5.74) is 0.194. The van der Waals surface area contributed by atoms with Crippen LogP contribution in [0.1, 0.15) is 11.1 Å². The molecular formula is C8H8ClNO3. The van der Waals surface area contributed by atoms with E-state index in [1.54, 1.807) is 12.1 Å². The molecule has 0 aliphatic heterocycles. The van der Waals surface area contributed by atoms with Gasteiger partial charge in [-0.25, -0.2) is 0 Å². The topological polar surface area (TPSA) is 52.4 Å². The Morgan fingerprint density at radius 3 is 2.38 bits per heavy atom. The van der Waals surface area contributed by atoms with E-state index in [0.717, 1.165) is 0 Å². The molecule has 0 bridgehead atoms. The number of nitrogens with zero attached hydrogens (tertiary/aromatic N) is 1. The molecule has 0 N–H and O–H groups in total. The van der Waals surface area contributed by atoms with Gasteiger partial charge in [-0.3, -0.25) is 10.1 Å². The highest BCUT2D eigenvalue weighted by Crippen LogP contribution is 2.22. The number of hydrogen-bond donors (Lipinski definition) is 0. The van der Waals surface area contributed by atoms with Crippen molar-refractivity contribution < 1.29 is 9.66 Å². The molecule has 1 aromatic rings. The number of ether oxygens (including phenoxy) is 1. The molecular weight excluding hydrogens is 194 g/mol. The first kappa shape index (κ1) is 9.95. The third kappa shape index (κ3) is 2.40. The number of halogens is 1. The molecule has 0 heterocycles. The first-order valence-electron chi connectivity index (χ1n) is 3.56. The second-order valence-electron chi connectivity index (χ2n) is 2.40. The predicted molar refractivity (Wildman–Crippen MR) is 48.7 cm³/mol. The van der Waals surface area contributed by atoms with E-state index in [-0.39, 0.29) is 5.69 Å². The Kier molecular flexibility index (Phi) is 3.22. The molecule has 0 saturated heterocycles. The van der Waals surface area contributed by atoms with E-state index in [1.165, 1.54) is 19.2 Å². The fourth-order valence-electron chi connectivity index (χ4n) is 0.883. The predicted octanol–water partition coefficient (Wildman–Crippen LogP) is 2.48. The number of alkyl halides is 1. The smallest absolute Gasteiger partial charge is 0.269 e. The number of hydrogen-bond acceptors (Lipinski definition) is 3. The van der Waals surface area contributed by atoms with Gasteiger partial charge in [0.1, 0.15) is 0 Å². The van der Waals surface area contributed by atoms with Gasteiger partial charge in [0, 0.05) is 19.2 Å². The highest BCUT2D eigenvalue weighted by Gasteiger charge is 2.08. The lowest BCUT2D eigenvalue weighted by Crippen LogP contribution is -1.93. The summed E-state index contributed by atoms with van der Waals surface area (Å²) in [6.07, 6.45) is 0. The van der Waals surface area contributed by atoms with Crippen LogP contribution >= 0.6 is 11.6 Å². The molecule has 13 heavy (non-hydrogen) atoms. The van der Waals surface area contributed by atoms with Crippen molar-refractivity contribution in [2.24, 2.45) is 0 Å². The molecule has 0 radical (unpaired) electrons. The van der Waals surface area contributed by atoms with Gasteiger partial charge in [0.2, 0.25) is 0 Å². The van der Waals surface area contributed by atoms with Gasteiger partial charge in [-0.05, 0) is 17.7 Å². The molecule has 4 nitrogen and oxygen atoms in total. The van der Waals surface area contributed by atoms with Gasteiger partial charge in [-0.2, -0.15) is 0 Å². The lowest BCUT2D eigenvalue weighted by atomic mass is 10.2. The minimum Gasteiger partial charge on any atom is -0.361 e. The van der Waals surface area contributed by atoms with Crippen LogP contribution in [0, 0.1) is 10.1 Å². The summed E-state index contributed by atoms with van der Waals surface area (Å²) in [7, 11) is 1.47. The van der Waals surface area contributed by atoms with Gasteiger partial charge >= 0.3 is 0 Å². The van der Waals surface area contributed by atoms with E-state index in [1.807, 2.05) is 0 Å². The fourth-order valence-corrected chi connectivity index (χ4v) is 1.03. The third-order valence-electron chi connectivity index (χ3n) is 1.57. The molecule has 1 aromatic carbocycles. The normalized spacial score (nSPS) is 12.5. The van der Waals surface area contributed by atoms with E-state index < -0.39 is 10.5 Å². The summed E-state index contributed by atoms with van der Waals surface area (Å²) in [5, 5.41) is 10.3. The van der Waals surface area contributed by atoms with E-state index in [0.29, 0.717) is 5.56 Å². The van der Waals surface area contributed by atoms with Gasteiger partial charge in [0.05, 0.1) is 4.92 Å². The number of nitro benzene ring substituents is 1. The Bertz CT molecular complexity index is 299. The monoisotopic (exact) mass is 201 g/mol. The maximum absolute atomic E-state index is 10.3. The molecule has 1 unspecified atom stereocenters. The Labute approximate surface area is 80.2 Å². The molecule has 0 amide bonds. The van der Waals surface area contributed by atoms with Crippen molar-refractivity contribution in [1.29, 1.82) is 0 Å². The van der Waals surface area contributed by atoms with Crippen molar-refractivity contribution in [3.05, 3.63) is 39.9 Å². The lowest BCUT2D eigenvalue weighted by Gasteiger charge is -2.05. The molecule has 1 atom stereocenters. The van der Waals surface area contributed by atoms with Crippen molar-refractivity contribution in [3.63, 3.8) is 0 Å². The average molecular weight is 202 g/mol. The van der Waals surface area contributed by atoms with Crippen LogP contribution in [0.3, 0.4) is 0 Å². The zero-order valence-corrected chi connectivity index (χ0v) is 7.69. The van der Waals surface area contributed by atoms with Crippen molar-refractivity contribution in [1.82, 2.24) is 0 Å². The summed E-state index contributed by atoms with van der Waals surface area (Å²) in [4.78, 5) is 9.83.